The van der Waals surface area contributed by atoms with Crippen LogP contribution in [0.4, 0.5) is 0 Å². The molecule has 0 amide bonds. The third-order valence-electron chi connectivity index (χ3n) is 1.66. The van der Waals surface area contributed by atoms with Gasteiger partial charge in [-0.05, 0) is 17.5 Å². The average Bonchev–Trinajstić information content (AvgIpc) is 2.35. The van der Waals surface area contributed by atoms with Crippen LogP contribution in [0, 0.1) is 5.92 Å². The first kappa shape index (κ1) is 8.53. The lowest BCUT2D eigenvalue weighted by atomic mass is 10.1. The predicted molar refractivity (Wildman–Crippen MR) is 42.5 cm³/mol. The fourth-order valence-corrected chi connectivity index (χ4v) is 0.885. The van der Waals surface area contributed by atoms with E-state index in [0.29, 0.717) is 11.8 Å². The van der Waals surface area contributed by atoms with Crippen molar-refractivity contribution in [3.8, 4) is 0 Å². The Bertz CT molecular complexity index is 224. The zero-order valence-corrected chi connectivity index (χ0v) is 7.43. The van der Waals surface area contributed by atoms with Crippen molar-refractivity contribution in [3.63, 3.8) is 0 Å². The fraction of sp³-hybridized carbons (Fsp3) is 0.714. The zero-order valence-electron chi connectivity index (χ0n) is 6.67. The molecule has 0 N–H and O–H groups in total. The number of hydrogen-bond donors (Lipinski definition) is 0. The molecule has 1 rings (SSSR count). The molecule has 1 atom stereocenters. The van der Waals surface area contributed by atoms with Crippen LogP contribution in [0.15, 0.2) is 4.42 Å². The quantitative estimate of drug-likeness (QED) is 0.706. The maximum atomic E-state index is 5.45. The van der Waals surface area contributed by atoms with E-state index in [4.69, 9.17) is 16.0 Å². The molecule has 0 aliphatic carbocycles. The van der Waals surface area contributed by atoms with Crippen LogP contribution in [0.25, 0.3) is 0 Å². The van der Waals surface area contributed by atoms with Gasteiger partial charge >= 0.3 is 5.35 Å². The van der Waals surface area contributed by atoms with Crippen molar-refractivity contribution in [1.29, 1.82) is 0 Å². The summed E-state index contributed by atoms with van der Waals surface area (Å²) in [5.41, 5.74) is 0. The Kier molecular flexibility index (Phi) is 2.88. The molecule has 0 saturated carbocycles. The second kappa shape index (κ2) is 3.72. The smallest absolute Gasteiger partial charge is 0.312 e. The minimum absolute atomic E-state index is 0.128. The maximum Gasteiger partial charge on any atom is 0.312 e. The van der Waals surface area contributed by atoms with Crippen LogP contribution >= 0.6 is 11.6 Å². The predicted octanol–water partition coefficient (Wildman–Crippen LogP) is 2.31. The van der Waals surface area contributed by atoms with Crippen molar-refractivity contribution in [2.24, 2.45) is 5.92 Å². The SMILES string of the molecule is CCC(C)Cc1nnc(Cl)o1. The monoisotopic (exact) mass is 174 g/mol. The van der Waals surface area contributed by atoms with Gasteiger partial charge in [0.1, 0.15) is 0 Å². The maximum absolute atomic E-state index is 5.45. The van der Waals surface area contributed by atoms with E-state index >= 15 is 0 Å². The summed E-state index contributed by atoms with van der Waals surface area (Å²) in [5, 5.41) is 7.44. The summed E-state index contributed by atoms with van der Waals surface area (Å²) in [5.74, 6) is 1.20. The van der Waals surface area contributed by atoms with Crippen molar-refractivity contribution in [2.45, 2.75) is 26.7 Å². The van der Waals surface area contributed by atoms with Crippen molar-refractivity contribution in [3.05, 3.63) is 11.2 Å². The van der Waals surface area contributed by atoms with Crippen LogP contribution in [0.3, 0.4) is 0 Å². The van der Waals surface area contributed by atoms with Gasteiger partial charge in [0, 0.05) is 6.42 Å². The van der Waals surface area contributed by atoms with Crippen molar-refractivity contribution >= 4 is 11.6 Å². The lowest BCUT2D eigenvalue weighted by Gasteiger charge is -2.01. The van der Waals surface area contributed by atoms with Crippen molar-refractivity contribution in [2.75, 3.05) is 0 Å². The van der Waals surface area contributed by atoms with Gasteiger partial charge in [-0.25, -0.2) is 0 Å². The molecule has 1 unspecified atom stereocenters. The zero-order chi connectivity index (χ0) is 8.27. The number of rotatable bonds is 3. The molecule has 1 heterocycles. The van der Waals surface area contributed by atoms with E-state index in [-0.39, 0.29) is 5.35 Å². The molecular formula is C7H11ClN2O. The summed E-state index contributed by atoms with van der Waals surface area (Å²) in [4.78, 5) is 0. The van der Waals surface area contributed by atoms with Gasteiger partial charge in [0.2, 0.25) is 5.89 Å². The van der Waals surface area contributed by atoms with E-state index in [2.05, 4.69) is 24.0 Å². The molecule has 0 radical (unpaired) electrons. The molecule has 0 aromatic carbocycles. The molecule has 0 saturated heterocycles. The van der Waals surface area contributed by atoms with Gasteiger partial charge in [-0.15, -0.1) is 5.10 Å². The molecule has 4 heteroatoms. The van der Waals surface area contributed by atoms with Crippen LogP contribution in [-0.2, 0) is 6.42 Å². The minimum Gasteiger partial charge on any atom is -0.412 e. The summed E-state index contributed by atoms with van der Waals surface area (Å²) < 4.78 is 5.00. The van der Waals surface area contributed by atoms with Gasteiger partial charge in [-0.3, -0.25) is 0 Å². The lowest BCUT2D eigenvalue weighted by Crippen LogP contribution is -1.97. The molecule has 0 fully saturated rings. The Morgan fingerprint density at radius 2 is 2.27 bits per heavy atom. The lowest BCUT2D eigenvalue weighted by molar-refractivity contribution is 0.438. The van der Waals surface area contributed by atoms with Gasteiger partial charge in [-0.2, -0.15) is 0 Å². The van der Waals surface area contributed by atoms with E-state index in [0.717, 1.165) is 12.8 Å². The summed E-state index contributed by atoms with van der Waals surface area (Å²) in [6.07, 6.45) is 1.93. The molecular weight excluding hydrogens is 164 g/mol. The molecule has 0 bridgehead atoms. The van der Waals surface area contributed by atoms with Gasteiger partial charge in [0.05, 0.1) is 0 Å². The van der Waals surface area contributed by atoms with E-state index < -0.39 is 0 Å². The number of hydrogen-bond acceptors (Lipinski definition) is 3. The van der Waals surface area contributed by atoms with E-state index in [1.54, 1.807) is 0 Å². The van der Waals surface area contributed by atoms with Gasteiger partial charge in [-0.1, -0.05) is 25.4 Å². The highest BCUT2D eigenvalue weighted by Crippen LogP contribution is 2.12. The molecule has 1 aromatic rings. The summed E-state index contributed by atoms with van der Waals surface area (Å²) in [7, 11) is 0. The van der Waals surface area contributed by atoms with Crippen molar-refractivity contribution < 1.29 is 4.42 Å². The normalized spacial score (nSPS) is 13.4. The molecule has 0 aliphatic rings. The topological polar surface area (TPSA) is 38.9 Å². The second-order valence-electron chi connectivity index (χ2n) is 2.67. The largest absolute Gasteiger partial charge is 0.412 e. The molecule has 0 aliphatic heterocycles. The second-order valence-corrected chi connectivity index (χ2v) is 2.99. The highest BCUT2D eigenvalue weighted by molar-refractivity contribution is 6.27. The fourth-order valence-electron chi connectivity index (χ4n) is 0.758. The van der Waals surface area contributed by atoms with Crippen LogP contribution in [-0.4, -0.2) is 10.2 Å². The van der Waals surface area contributed by atoms with E-state index in [1.165, 1.54) is 0 Å². The van der Waals surface area contributed by atoms with Gasteiger partial charge in [0.25, 0.3) is 0 Å². The molecule has 1 aromatic heterocycles. The Labute approximate surface area is 70.8 Å². The Morgan fingerprint density at radius 3 is 2.73 bits per heavy atom. The van der Waals surface area contributed by atoms with E-state index in [9.17, 15) is 0 Å². The average molecular weight is 175 g/mol. The summed E-state index contributed by atoms with van der Waals surface area (Å²) >= 11 is 5.45. The summed E-state index contributed by atoms with van der Waals surface area (Å²) in [6.45, 7) is 4.26. The highest BCUT2D eigenvalue weighted by Gasteiger charge is 2.07. The van der Waals surface area contributed by atoms with Crippen LogP contribution in [0.2, 0.25) is 5.35 Å². The number of nitrogens with zero attached hydrogens (tertiary/aromatic N) is 2. The van der Waals surface area contributed by atoms with Crippen LogP contribution < -0.4 is 0 Å². The minimum atomic E-state index is 0.128. The van der Waals surface area contributed by atoms with Gasteiger partial charge < -0.3 is 4.42 Å². The first-order valence-corrected chi connectivity index (χ1v) is 4.08. The van der Waals surface area contributed by atoms with E-state index in [1.807, 2.05) is 0 Å². The third kappa shape index (κ3) is 2.50. The van der Waals surface area contributed by atoms with Crippen LogP contribution in [0.1, 0.15) is 26.2 Å². The van der Waals surface area contributed by atoms with Crippen molar-refractivity contribution in [1.82, 2.24) is 10.2 Å². The number of aromatic nitrogens is 2. The standard InChI is InChI=1S/C7H11ClN2O/c1-3-5(2)4-6-9-10-7(8)11-6/h5H,3-4H2,1-2H3. The number of halogens is 1. The highest BCUT2D eigenvalue weighted by atomic mass is 35.5. The first-order chi connectivity index (χ1) is 5.22. The van der Waals surface area contributed by atoms with Gasteiger partial charge in [0.15, 0.2) is 0 Å². The molecule has 3 nitrogen and oxygen atoms in total. The van der Waals surface area contributed by atoms with Crippen LogP contribution in [0.5, 0.6) is 0 Å². The molecule has 11 heavy (non-hydrogen) atoms. The Balaban J connectivity index is 2.50. The molecule has 0 spiro atoms. The first-order valence-electron chi connectivity index (χ1n) is 3.70. The molecule has 62 valence electrons. The summed E-state index contributed by atoms with van der Waals surface area (Å²) in [6, 6.07) is 0. The Hall–Kier alpha value is -0.570. The third-order valence-corrected chi connectivity index (χ3v) is 1.81. The Morgan fingerprint density at radius 1 is 1.55 bits per heavy atom.